The summed E-state index contributed by atoms with van der Waals surface area (Å²) in [5.41, 5.74) is 0.127. The smallest absolute Gasteiger partial charge is 0.416 e. The number of benzene rings is 2. The van der Waals surface area contributed by atoms with Crippen LogP contribution < -0.4 is 10.1 Å². The van der Waals surface area contributed by atoms with Gasteiger partial charge >= 0.3 is 6.18 Å². The minimum absolute atomic E-state index is 0.0479. The first-order valence-electron chi connectivity index (χ1n) is 9.46. The molecule has 0 aliphatic carbocycles. The van der Waals surface area contributed by atoms with Gasteiger partial charge in [-0.2, -0.15) is 13.2 Å². The van der Waals surface area contributed by atoms with Gasteiger partial charge in [-0.25, -0.2) is 0 Å². The number of aromatic nitrogens is 3. The number of thioether (sulfide) groups is 1. The van der Waals surface area contributed by atoms with Gasteiger partial charge < -0.3 is 14.6 Å². The van der Waals surface area contributed by atoms with Crippen molar-refractivity contribution in [1.82, 2.24) is 14.8 Å². The van der Waals surface area contributed by atoms with E-state index in [0.29, 0.717) is 21.8 Å². The molecule has 0 radical (unpaired) electrons. The van der Waals surface area contributed by atoms with Gasteiger partial charge in [0, 0.05) is 17.8 Å². The number of carbonyl (C=O) groups excluding carboxylic acids is 1. The molecule has 0 aliphatic rings. The average Bonchev–Trinajstić information content (AvgIpc) is 3.08. The van der Waals surface area contributed by atoms with Crippen LogP contribution in [-0.4, -0.2) is 26.4 Å². The van der Waals surface area contributed by atoms with E-state index in [1.165, 1.54) is 12.1 Å². The fourth-order valence-electron chi connectivity index (χ4n) is 2.89. The highest BCUT2D eigenvalue weighted by Crippen LogP contribution is 2.31. The summed E-state index contributed by atoms with van der Waals surface area (Å²) in [6, 6.07) is 9.78. The van der Waals surface area contributed by atoms with E-state index in [1.54, 1.807) is 29.8 Å². The number of halogens is 4. The predicted octanol–water partition coefficient (Wildman–Crippen LogP) is 5.67. The number of aryl methyl sites for hydroxylation is 1. The number of nitrogens with one attached hydrogen (secondary N) is 1. The Morgan fingerprint density at radius 3 is 2.69 bits per heavy atom. The lowest BCUT2D eigenvalue weighted by Gasteiger charge is -2.16. The van der Waals surface area contributed by atoms with Crippen molar-refractivity contribution in [2.45, 2.75) is 31.3 Å². The molecule has 11 heteroatoms. The molecule has 1 atom stereocenters. The van der Waals surface area contributed by atoms with E-state index in [0.717, 1.165) is 29.5 Å². The Bertz CT molecular complexity index is 1120. The number of rotatable bonds is 7. The molecule has 170 valence electrons. The summed E-state index contributed by atoms with van der Waals surface area (Å²) in [6.45, 7) is 3.71. The lowest BCUT2D eigenvalue weighted by molar-refractivity contribution is -0.137. The second-order valence-electron chi connectivity index (χ2n) is 6.99. The van der Waals surface area contributed by atoms with Crippen LogP contribution in [0.4, 0.5) is 18.9 Å². The minimum Gasteiger partial charge on any atom is -0.482 e. The Labute approximate surface area is 192 Å². The lowest BCUT2D eigenvalue weighted by atomic mass is 10.2. The Morgan fingerprint density at radius 2 is 2.00 bits per heavy atom. The SMILES string of the molecule is Cc1cc(Cl)ccc1OC(C)c1nnc(SCC(=O)Nc2cccc(C(F)(F)F)c2)n1C. The zero-order chi connectivity index (χ0) is 23.5. The van der Waals surface area contributed by atoms with Crippen molar-refractivity contribution < 1.29 is 22.7 Å². The van der Waals surface area contributed by atoms with Crippen LogP contribution in [0, 0.1) is 6.92 Å². The molecular formula is C21H20ClF3N4O2S. The van der Waals surface area contributed by atoms with Crippen LogP contribution in [-0.2, 0) is 18.0 Å². The maximum absolute atomic E-state index is 12.8. The van der Waals surface area contributed by atoms with Crippen LogP contribution >= 0.6 is 23.4 Å². The number of alkyl halides is 3. The molecule has 32 heavy (non-hydrogen) atoms. The Kier molecular flexibility index (Phi) is 7.35. The molecule has 0 bridgehead atoms. The lowest BCUT2D eigenvalue weighted by Crippen LogP contribution is -2.15. The molecule has 0 spiro atoms. The van der Waals surface area contributed by atoms with E-state index in [4.69, 9.17) is 16.3 Å². The van der Waals surface area contributed by atoms with Gasteiger partial charge in [-0.15, -0.1) is 10.2 Å². The van der Waals surface area contributed by atoms with Crippen molar-refractivity contribution in [1.29, 1.82) is 0 Å². The Hall–Kier alpha value is -2.72. The summed E-state index contributed by atoms with van der Waals surface area (Å²) >= 11 is 7.09. The van der Waals surface area contributed by atoms with Crippen LogP contribution in [0.5, 0.6) is 5.75 Å². The zero-order valence-corrected chi connectivity index (χ0v) is 19.0. The van der Waals surface area contributed by atoms with Crippen LogP contribution in [0.3, 0.4) is 0 Å². The topological polar surface area (TPSA) is 69.0 Å². The van der Waals surface area contributed by atoms with E-state index in [-0.39, 0.29) is 11.4 Å². The second kappa shape index (κ2) is 9.83. The normalized spacial score (nSPS) is 12.5. The van der Waals surface area contributed by atoms with Gasteiger partial charge in [-0.05, 0) is 55.8 Å². The molecule has 6 nitrogen and oxygen atoms in total. The number of hydrogen-bond donors (Lipinski definition) is 1. The predicted molar refractivity (Wildman–Crippen MR) is 117 cm³/mol. The highest BCUT2D eigenvalue weighted by Gasteiger charge is 2.30. The van der Waals surface area contributed by atoms with Gasteiger partial charge in [0.2, 0.25) is 5.91 Å². The third-order valence-electron chi connectivity index (χ3n) is 4.48. The quantitative estimate of drug-likeness (QED) is 0.438. The Morgan fingerprint density at radius 1 is 1.25 bits per heavy atom. The number of ether oxygens (including phenoxy) is 1. The first-order chi connectivity index (χ1) is 15.0. The molecule has 1 N–H and O–H groups in total. The number of carbonyl (C=O) groups is 1. The molecule has 0 fully saturated rings. The third kappa shape index (κ3) is 5.95. The van der Waals surface area contributed by atoms with E-state index >= 15 is 0 Å². The number of anilines is 1. The monoisotopic (exact) mass is 484 g/mol. The standard InChI is InChI=1S/C21H20ClF3N4O2S/c1-12-9-15(22)7-8-17(12)31-13(2)19-27-28-20(29(19)3)32-11-18(30)26-16-6-4-5-14(10-16)21(23,24)25/h4-10,13H,11H2,1-3H3,(H,26,30). The summed E-state index contributed by atoms with van der Waals surface area (Å²) in [5.74, 6) is 0.716. The molecule has 3 aromatic rings. The Balaban J connectivity index is 1.60. The largest absolute Gasteiger partial charge is 0.482 e. The van der Waals surface area contributed by atoms with Gasteiger partial charge in [0.05, 0.1) is 11.3 Å². The van der Waals surface area contributed by atoms with Gasteiger partial charge in [-0.3, -0.25) is 4.79 Å². The van der Waals surface area contributed by atoms with Crippen LogP contribution in [0.15, 0.2) is 47.6 Å². The maximum Gasteiger partial charge on any atom is 0.416 e. The van der Waals surface area contributed by atoms with Crippen molar-refractivity contribution >= 4 is 35.0 Å². The summed E-state index contributed by atoms with van der Waals surface area (Å²) in [6.07, 6.45) is -4.89. The van der Waals surface area contributed by atoms with Crippen molar-refractivity contribution in [3.05, 3.63) is 64.4 Å². The fourth-order valence-corrected chi connectivity index (χ4v) is 3.84. The molecule has 1 heterocycles. The van der Waals surface area contributed by atoms with Gasteiger partial charge in [-0.1, -0.05) is 29.4 Å². The molecule has 1 aromatic heterocycles. The molecular weight excluding hydrogens is 465 g/mol. The van der Waals surface area contributed by atoms with Gasteiger partial charge in [0.1, 0.15) is 5.75 Å². The van der Waals surface area contributed by atoms with Crippen LogP contribution in [0.2, 0.25) is 5.02 Å². The molecule has 0 saturated carbocycles. The summed E-state index contributed by atoms with van der Waals surface area (Å²) in [7, 11) is 1.75. The van der Waals surface area contributed by atoms with Gasteiger partial charge in [0.15, 0.2) is 17.1 Å². The second-order valence-corrected chi connectivity index (χ2v) is 8.36. The first kappa shape index (κ1) is 23.9. The van der Waals surface area contributed by atoms with E-state index < -0.39 is 23.8 Å². The van der Waals surface area contributed by atoms with Crippen molar-refractivity contribution in [2.24, 2.45) is 7.05 Å². The highest BCUT2D eigenvalue weighted by atomic mass is 35.5. The van der Waals surface area contributed by atoms with Crippen molar-refractivity contribution in [3.63, 3.8) is 0 Å². The number of amides is 1. The molecule has 2 aromatic carbocycles. The molecule has 1 amide bonds. The fraction of sp³-hybridized carbons (Fsp3) is 0.286. The first-order valence-corrected chi connectivity index (χ1v) is 10.8. The summed E-state index contributed by atoms with van der Waals surface area (Å²) < 4.78 is 46.1. The van der Waals surface area contributed by atoms with Crippen molar-refractivity contribution in [3.8, 4) is 5.75 Å². The molecule has 0 aliphatic heterocycles. The zero-order valence-electron chi connectivity index (χ0n) is 17.4. The number of nitrogens with zero attached hydrogens (tertiary/aromatic N) is 3. The maximum atomic E-state index is 12.8. The van der Waals surface area contributed by atoms with Crippen LogP contribution in [0.25, 0.3) is 0 Å². The third-order valence-corrected chi connectivity index (χ3v) is 5.73. The highest BCUT2D eigenvalue weighted by molar-refractivity contribution is 7.99. The molecule has 3 rings (SSSR count). The minimum atomic E-state index is -4.48. The summed E-state index contributed by atoms with van der Waals surface area (Å²) in [4.78, 5) is 12.2. The number of hydrogen-bond acceptors (Lipinski definition) is 5. The van der Waals surface area contributed by atoms with E-state index in [1.807, 2.05) is 13.8 Å². The molecule has 1 unspecified atom stereocenters. The van der Waals surface area contributed by atoms with E-state index in [2.05, 4.69) is 15.5 Å². The van der Waals surface area contributed by atoms with E-state index in [9.17, 15) is 18.0 Å². The van der Waals surface area contributed by atoms with Gasteiger partial charge in [0.25, 0.3) is 0 Å². The van der Waals surface area contributed by atoms with Crippen LogP contribution in [0.1, 0.15) is 30.0 Å². The van der Waals surface area contributed by atoms with Crippen molar-refractivity contribution in [2.75, 3.05) is 11.1 Å². The molecule has 0 saturated heterocycles. The average molecular weight is 485 g/mol. The summed E-state index contributed by atoms with van der Waals surface area (Å²) in [5, 5.41) is 11.8.